The van der Waals surface area contributed by atoms with Crippen LogP contribution < -0.4 is 10.1 Å². The number of rotatable bonds is 3. The molecule has 2 aromatic rings. The maximum absolute atomic E-state index is 13.8. The Labute approximate surface area is 152 Å². The lowest BCUT2D eigenvalue weighted by Crippen LogP contribution is -2.44. The van der Waals surface area contributed by atoms with Crippen molar-refractivity contribution in [3.63, 3.8) is 0 Å². The van der Waals surface area contributed by atoms with E-state index in [2.05, 4.69) is 15.3 Å². The first kappa shape index (κ1) is 18.9. The molecule has 0 bridgehead atoms. The molecule has 1 fully saturated rings. The van der Waals surface area contributed by atoms with Crippen molar-refractivity contribution in [2.24, 2.45) is 0 Å². The molecule has 1 saturated heterocycles. The standard InChI is InChI=1S/C17H16F4N4O2/c18-13-3-2-11(17(19,20)21)10-14(13)24-16(26)25-8-4-12(5-9-25)27-15-22-6-1-7-23-15/h1-3,6-7,10,12H,4-5,8-9H2,(H,24,26). The van der Waals surface area contributed by atoms with Crippen LogP contribution in [0.1, 0.15) is 18.4 Å². The van der Waals surface area contributed by atoms with Crippen LogP contribution >= 0.6 is 0 Å². The van der Waals surface area contributed by atoms with Gasteiger partial charge in [-0.15, -0.1) is 0 Å². The summed E-state index contributed by atoms with van der Waals surface area (Å²) >= 11 is 0. The maximum Gasteiger partial charge on any atom is 0.416 e. The highest BCUT2D eigenvalue weighted by Gasteiger charge is 2.32. The summed E-state index contributed by atoms with van der Waals surface area (Å²) in [5.41, 5.74) is -1.54. The second-order valence-corrected chi connectivity index (χ2v) is 5.96. The van der Waals surface area contributed by atoms with Crippen LogP contribution in [0.4, 0.5) is 28.0 Å². The molecule has 0 spiro atoms. The topological polar surface area (TPSA) is 67.4 Å². The van der Waals surface area contributed by atoms with Gasteiger partial charge in [-0.1, -0.05) is 0 Å². The number of nitrogens with one attached hydrogen (secondary N) is 1. The largest absolute Gasteiger partial charge is 0.460 e. The van der Waals surface area contributed by atoms with Crippen LogP contribution in [0.5, 0.6) is 6.01 Å². The van der Waals surface area contributed by atoms with Crippen molar-refractivity contribution < 1.29 is 27.1 Å². The van der Waals surface area contributed by atoms with Crippen molar-refractivity contribution in [3.8, 4) is 6.01 Å². The Hall–Kier alpha value is -2.91. The van der Waals surface area contributed by atoms with Crippen LogP contribution in [0.3, 0.4) is 0 Å². The molecular formula is C17H16F4N4O2. The Morgan fingerprint density at radius 1 is 1.19 bits per heavy atom. The summed E-state index contributed by atoms with van der Waals surface area (Å²) in [6.07, 6.45) is -0.708. The van der Waals surface area contributed by atoms with Gasteiger partial charge in [-0.25, -0.2) is 19.2 Å². The quantitative estimate of drug-likeness (QED) is 0.820. The summed E-state index contributed by atoms with van der Waals surface area (Å²) < 4.78 is 57.6. The molecular weight excluding hydrogens is 368 g/mol. The van der Waals surface area contributed by atoms with Crippen LogP contribution in [-0.2, 0) is 6.18 Å². The number of ether oxygens (including phenoxy) is 1. The number of alkyl halides is 3. The van der Waals surface area contributed by atoms with Gasteiger partial charge in [0.15, 0.2) is 0 Å². The van der Waals surface area contributed by atoms with E-state index in [1.54, 1.807) is 18.5 Å². The van der Waals surface area contributed by atoms with Crippen LogP contribution in [-0.4, -0.2) is 40.1 Å². The first-order valence-corrected chi connectivity index (χ1v) is 8.19. The number of piperidine rings is 1. The smallest absolute Gasteiger partial charge is 0.416 e. The van der Waals surface area contributed by atoms with Gasteiger partial charge in [0, 0.05) is 38.3 Å². The van der Waals surface area contributed by atoms with Crippen molar-refractivity contribution >= 4 is 11.7 Å². The highest BCUT2D eigenvalue weighted by Crippen LogP contribution is 2.32. The number of aromatic nitrogens is 2. The van der Waals surface area contributed by atoms with Gasteiger partial charge in [0.2, 0.25) is 0 Å². The molecule has 1 aliphatic heterocycles. The number of hydrogen-bond acceptors (Lipinski definition) is 4. The molecule has 6 nitrogen and oxygen atoms in total. The molecule has 0 saturated carbocycles. The average Bonchev–Trinajstić information content (AvgIpc) is 2.64. The summed E-state index contributed by atoms with van der Waals surface area (Å²) in [5.74, 6) is -0.934. The minimum Gasteiger partial charge on any atom is -0.460 e. The van der Waals surface area contributed by atoms with Gasteiger partial charge in [-0.3, -0.25) is 0 Å². The monoisotopic (exact) mass is 384 g/mol. The molecule has 2 heterocycles. The number of likely N-dealkylation sites (tertiary alicyclic amines) is 1. The zero-order valence-electron chi connectivity index (χ0n) is 14.0. The van der Waals surface area contributed by atoms with E-state index in [9.17, 15) is 22.4 Å². The lowest BCUT2D eigenvalue weighted by Gasteiger charge is -2.31. The fourth-order valence-corrected chi connectivity index (χ4v) is 2.66. The van der Waals surface area contributed by atoms with E-state index in [1.165, 1.54) is 4.90 Å². The van der Waals surface area contributed by atoms with Gasteiger partial charge in [-0.05, 0) is 24.3 Å². The number of urea groups is 1. The van der Waals surface area contributed by atoms with Gasteiger partial charge in [0.05, 0.1) is 11.3 Å². The summed E-state index contributed by atoms with van der Waals surface area (Å²) in [4.78, 5) is 21.6. The number of carbonyl (C=O) groups excluding carboxylic acids is 1. The third-order valence-electron chi connectivity index (χ3n) is 4.08. The third kappa shape index (κ3) is 4.83. The Morgan fingerprint density at radius 2 is 1.85 bits per heavy atom. The molecule has 144 valence electrons. The van der Waals surface area contributed by atoms with Crippen LogP contribution in [0.25, 0.3) is 0 Å². The fourth-order valence-electron chi connectivity index (χ4n) is 2.66. The average molecular weight is 384 g/mol. The first-order chi connectivity index (χ1) is 12.8. The van der Waals surface area contributed by atoms with Crippen molar-refractivity contribution in [2.45, 2.75) is 25.1 Å². The summed E-state index contributed by atoms with van der Waals surface area (Å²) in [7, 11) is 0. The van der Waals surface area contributed by atoms with E-state index in [-0.39, 0.29) is 12.1 Å². The number of anilines is 1. The Bertz CT molecular complexity index is 793. The van der Waals surface area contributed by atoms with E-state index in [1.807, 2.05) is 0 Å². The van der Waals surface area contributed by atoms with E-state index < -0.39 is 29.3 Å². The Kier molecular flexibility index (Phi) is 5.43. The number of amides is 2. The number of halogens is 4. The van der Waals surface area contributed by atoms with Crippen molar-refractivity contribution in [1.29, 1.82) is 0 Å². The normalized spacial score (nSPS) is 15.5. The minimum atomic E-state index is -4.62. The zero-order valence-corrected chi connectivity index (χ0v) is 14.0. The number of nitrogens with zero attached hydrogens (tertiary/aromatic N) is 3. The van der Waals surface area contributed by atoms with Gasteiger partial charge in [-0.2, -0.15) is 13.2 Å². The number of hydrogen-bond donors (Lipinski definition) is 1. The predicted octanol–water partition coefficient (Wildman–Crippen LogP) is 3.71. The van der Waals surface area contributed by atoms with Gasteiger partial charge < -0.3 is 15.0 Å². The van der Waals surface area contributed by atoms with Gasteiger partial charge in [0.25, 0.3) is 0 Å². The number of carbonyl (C=O) groups is 1. The number of benzene rings is 1. The zero-order chi connectivity index (χ0) is 19.4. The third-order valence-corrected chi connectivity index (χ3v) is 4.08. The predicted molar refractivity (Wildman–Crippen MR) is 87.7 cm³/mol. The maximum atomic E-state index is 13.8. The van der Waals surface area contributed by atoms with Crippen molar-refractivity contribution in [3.05, 3.63) is 48.0 Å². The molecule has 0 atom stereocenters. The lowest BCUT2D eigenvalue weighted by atomic mass is 10.1. The van der Waals surface area contributed by atoms with E-state index >= 15 is 0 Å². The van der Waals surface area contributed by atoms with E-state index in [4.69, 9.17) is 4.74 Å². The Morgan fingerprint density at radius 3 is 2.48 bits per heavy atom. The molecule has 10 heteroatoms. The molecule has 0 unspecified atom stereocenters. The molecule has 1 aromatic carbocycles. The van der Waals surface area contributed by atoms with Crippen LogP contribution in [0.2, 0.25) is 0 Å². The summed E-state index contributed by atoms with van der Waals surface area (Å²) in [6, 6.07) is 3.12. The molecule has 1 aromatic heterocycles. The Balaban J connectivity index is 1.57. The molecule has 0 aliphatic carbocycles. The lowest BCUT2D eigenvalue weighted by molar-refractivity contribution is -0.137. The molecule has 2 amide bonds. The SMILES string of the molecule is O=C(Nc1cc(C(F)(F)F)ccc1F)N1CCC(Oc2ncccn2)CC1. The van der Waals surface area contributed by atoms with Gasteiger partial charge in [0.1, 0.15) is 11.9 Å². The van der Waals surface area contributed by atoms with Crippen molar-refractivity contribution in [2.75, 3.05) is 18.4 Å². The molecule has 1 N–H and O–H groups in total. The van der Waals surface area contributed by atoms with Crippen LogP contribution in [0, 0.1) is 5.82 Å². The highest BCUT2D eigenvalue weighted by atomic mass is 19.4. The second kappa shape index (κ2) is 7.77. The molecule has 1 aliphatic rings. The van der Waals surface area contributed by atoms with E-state index in [0.717, 1.165) is 0 Å². The fraction of sp³-hybridized carbons (Fsp3) is 0.353. The first-order valence-electron chi connectivity index (χ1n) is 8.19. The highest BCUT2D eigenvalue weighted by molar-refractivity contribution is 5.89. The molecule has 27 heavy (non-hydrogen) atoms. The summed E-state index contributed by atoms with van der Waals surface area (Å²) in [6.45, 7) is 0.619. The van der Waals surface area contributed by atoms with Gasteiger partial charge >= 0.3 is 18.2 Å². The second-order valence-electron chi connectivity index (χ2n) is 5.96. The minimum absolute atomic E-state index is 0.179. The van der Waals surface area contributed by atoms with Crippen molar-refractivity contribution in [1.82, 2.24) is 14.9 Å². The molecule has 3 rings (SSSR count). The summed E-state index contributed by atoms with van der Waals surface area (Å²) in [5, 5.41) is 2.20. The van der Waals surface area contributed by atoms with E-state index in [0.29, 0.717) is 44.1 Å². The van der Waals surface area contributed by atoms with Crippen LogP contribution in [0.15, 0.2) is 36.7 Å². The molecule has 0 radical (unpaired) electrons.